The maximum absolute atomic E-state index is 14.0. The molecule has 2 heterocycles. The van der Waals surface area contributed by atoms with Crippen molar-refractivity contribution in [3.8, 4) is 11.4 Å². The average molecular weight is 404 g/mol. The highest BCUT2D eigenvalue weighted by atomic mass is 19.2. The van der Waals surface area contributed by atoms with E-state index >= 15 is 0 Å². The van der Waals surface area contributed by atoms with Gasteiger partial charge in [-0.15, -0.1) is 0 Å². The van der Waals surface area contributed by atoms with E-state index in [1.807, 2.05) is 0 Å². The molecule has 0 unspecified atom stereocenters. The normalized spacial score (nSPS) is 14.1. The Labute approximate surface area is 162 Å². The summed E-state index contributed by atoms with van der Waals surface area (Å²) in [4.78, 5) is 21.2. The molecule has 0 spiro atoms. The number of nitrogen functional groups attached to an aromatic ring is 1. The minimum absolute atomic E-state index is 0.109. The lowest BCUT2D eigenvalue weighted by Crippen LogP contribution is -2.35. The summed E-state index contributed by atoms with van der Waals surface area (Å²) in [5, 5.41) is 0. The first-order valence-corrected chi connectivity index (χ1v) is 8.85. The molecule has 0 aliphatic carbocycles. The highest BCUT2D eigenvalue weighted by molar-refractivity contribution is 5.58. The largest absolute Gasteiger partial charge is 0.399 e. The number of halogens is 4. The summed E-state index contributed by atoms with van der Waals surface area (Å²) in [6.45, 7) is 0.0473. The Morgan fingerprint density at radius 2 is 1.72 bits per heavy atom. The van der Waals surface area contributed by atoms with Crippen LogP contribution >= 0.6 is 0 Å². The fourth-order valence-electron chi connectivity index (χ4n) is 3.39. The fraction of sp³-hybridized carbons (Fsp3) is 0.200. The number of H-pyrrole nitrogens is 1. The van der Waals surface area contributed by atoms with Gasteiger partial charge < -0.3 is 10.7 Å². The SMILES string of the molecule is Nc1ccc(-c2nc3c(c(=O)[nH]2)CCN(Cc2c(F)c(F)cc(F)c2F)C3)cc1. The summed E-state index contributed by atoms with van der Waals surface area (Å²) in [6, 6.07) is 6.94. The Hall–Kier alpha value is -3.20. The Bertz CT molecular complexity index is 1120. The number of aromatic nitrogens is 2. The number of hydrogen-bond donors (Lipinski definition) is 2. The number of nitrogens with two attached hydrogens (primary N) is 1. The van der Waals surface area contributed by atoms with Gasteiger partial charge in [0.25, 0.3) is 5.56 Å². The van der Waals surface area contributed by atoms with E-state index < -0.39 is 28.8 Å². The second-order valence-corrected chi connectivity index (χ2v) is 6.87. The van der Waals surface area contributed by atoms with E-state index in [0.717, 1.165) is 0 Å². The number of anilines is 1. The van der Waals surface area contributed by atoms with E-state index in [0.29, 0.717) is 34.8 Å². The molecule has 4 rings (SSSR count). The van der Waals surface area contributed by atoms with Crippen molar-refractivity contribution in [1.29, 1.82) is 0 Å². The molecule has 5 nitrogen and oxygen atoms in total. The van der Waals surface area contributed by atoms with Gasteiger partial charge in [-0.3, -0.25) is 9.69 Å². The molecule has 0 bridgehead atoms. The summed E-state index contributed by atoms with van der Waals surface area (Å²) in [5.41, 5.74) is 6.83. The zero-order valence-corrected chi connectivity index (χ0v) is 15.1. The second-order valence-electron chi connectivity index (χ2n) is 6.87. The van der Waals surface area contributed by atoms with Crippen LogP contribution in [0.15, 0.2) is 35.1 Å². The lowest BCUT2D eigenvalue weighted by molar-refractivity contribution is 0.231. The molecule has 2 aromatic carbocycles. The number of nitrogens with zero attached hydrogens (tertiary/aromatic N) is 2. The highest BCUT2D eigenvalue weighted by Crippen LogP contribution is 2.24. The molecule has 1 aliphatic heterocycles. The molecular formula is C20H16F4N4O. The van der Waals surface area contributed by atoms with Crippen LogP contribution in [0.3, 0.4) is 0 Å². The molecule has 3 N–H and O–H groups in total. The summed E-state index contributed by atoms with van der Waals surface area (Å²) in [6.07, 6.45) is 0.292. The van der Waals surface area contributed by atoms with Crippen molar-refractivity contribution in [3.05, 3.63) is 80.8 Å². The van der Waals surface area contributed by atoms with Crippen LogP contribution in [0.4, 0.5) is 23.2 Å². The number of fused-ring (bicyclic) bond motifs is 1. The lowest BCUT2D eigenvalue weighted by atomic mass is 10.0. The Kier molecular flexibility index (Phi) is 4.83. The maximum Gasteiger partial charge on any atom is 0.254 e. The molecule has 0 atom stereocenters. The van der Waals surface area contributed by atoms with Crippen LogP contribution in [-0.2, 0) is 19.5 Å². The first-order chi connectivity index (χ1) is 13.8. The molecule has 9 heteroatoms. The van der Waals surface area contributed by atoms with Crippen LogP contribution < -0.4 is 11.3 Å². The maximum atomic E-state index is 14.0. The molecule has 0 fully saturated rings. The average Bonchev–Trinajstić information content (AvgIpc) is 2.70. The van der Waals surface area contributed by atoms with Gasteiger partial charge in [0.15, 0.2) is 23.3 Å². The monoisotopic (exact) mass is 404 g/mol. The molecule has 0 saturated heterocycles. The van der Waals surface area contributed by atoms with Gasteiger partial charge in [0, 0.05) is 48.1 Å². The van der Waals surface area contributed by atoms with Crippen LogP contribution in [0.5, 0.6) is 0 Å². The van der Waals surface area contributed by atoms with Gasteiger partial charge in [0.1, 0.15) is 5.82 Å². The topological polar surface area (TPSA) is 75.0 Å². The smallest absolute Gasteiger partial charge is 0.254 e. The van der Waals surface area contributed by atoms with Crippen LogP contribution in [0.25, 0.3) is 11.4 Å². The first kappa shape index (κ1) is 19.1. The third kappa shape index (κ3) is 3.61. The van der Waals surface area contributed by atoms with Crippen LogP contribution in [0, 0.1) is 23.3 Å². The van der Waals surface area contributed by atoms with Gasteiger partial charge in [0.05, 0.1) is 5.69 Å². The Morgan fingerprint density at radius 3 is 2.38 bits per heavy atom. The number of aromatic amines is 1. The first-order valence-electron chi connectivity index (χ1n) is 8.85. The molecule has 1 aliphatic rings. The van der Waals surface area contributed by atoms with Crippen molar-refractivity contribution in [1.82, 2.24) is 14.9 Å². The van der Waals surface area contributed by atoms with E-state index in [9.17, 15) is 22.4 Å². The summed E-state index contributed by atoms with van der Waals surface area (Å²) in [7, 11) is 0. The van der Waals surface area contributed by atoms with Crippen molar-refractivity contribution < 1.29 is 17.6 Å². The highest BCUT2D eigenvalue weighted by Gasteiger charge is 2.25. The molecule has 1 aromatic heterocycles. The molecule has 3 aromatic rings. The molecule has 0 saturated carbocycles. The second kappa shape index (κ2) is 7.32. The molecule has 150 valence electrons. The van der Waals surface area contributed by atoms with Crippen molar-refractivity contribution in [2.45, 2.75) is 19.5 Å². The van der Waals surface area contributed by atoms with E-state index in [-0.39, 0.29) is 31.3 Å². The number of nitrogens with one attached hydrogen (secondary N) is 1. The van der Waals surface area contributed by atoms with Gasteiger partial charge >= 0.3 is 0 Å². The van der Waals surface area contributed by atoms with E-state index in [4.69, 9.17) is 5.73 Å². The molecule has 0 radical (unpaired) electrons. The number of benzene rings is 2. The van der Waals surface area contributed by atoms with Gasteiger partial charge in [-0.2, -0.15) is 0 Å². The third-order valence-electron chi connectivity index (χ3n) is 4.92. The summed E-state index contributed by atoms with van der Waals surface area (Å²) in [5.74, 6) is -5.40. The number of hydrogen-bond acceptors (Lipinski definition) is 4. The third-order valence-corrected chi connectivity index (χ3v) is 4.92. The Morgan fingerprint density at radius 1 is 1.07 bits per heavy atom. The minimum Gasteiger partial charge on any atom is -0.399 e. The fourth-order valence-corrected chi connectivity index (χ4v) is 3.39. The summed E-state index contributed by atoms with van der Waals surface area (Å²) >= 11 is 0. The van der Waals surface area contributed by atoms with E-state index in [1.165, 1.54) is 0 Å². The van der Waals surface area contributed by atoms with Crippen molar-refractivity contribution >= 4 is 5.69 Å². The van der Waals surface area contributed by atoms with Crippen LogP contribution in [0.2, 0.25) is 0 Å². The van der Waals surface area contributed by atoms with Gasteiger partial charge in [-0.25, -0.2) is 22.5 Å². The van der Waals surface area contributed by atoms with Gasteiger partial charge in [0.2, 0.25) is 0 Å². The number of rotatable bonds is 3. The quantitative estimate of drug-likeness (QED) is 0.400. The van der Waals surface area contributed by atoms with E-state index in [1.54, 1.807) is 29.2 Å². The van der Waals surface area contributed by atoms with Crippen molar-refractivity contribution in [3.63, 3.8) is 0 Å². The minimum atomic E-state index is -1.45. The summed E-state index contributed by atoms with van der Waals surface area (Å²) < 4.78 is 54.9. The van der Waals surface area contributed by atoms with E-state index in [2.05, 4.69) is 9.97 Å². The van der Waals surface area contributed by atoms with Crippen molar-refractivity contribution in [2.24, 2.45) is 0 Å². The lowest BCUT2D eigenvalue weighted by Gasteiger charge is -2.28. The van der Waals surface area contributed by atoms with Gasteiger partial charge in [-0.05, 0) is 30.7 Å². The van der Waals surface area contributed by atoms with Crippen LogP contribution in [0.1, 0.15) is 16.8 Å². The van der Waals surface area contributed by atoms with Crippen molar-refractivity contribution in [2.75, 3.05) is 12.3 Å². The Balaban J connectivity index is 1.65. The molecule has 0 amide bonds. The molecular weight excluding hydrogens is 388 g/mol. The molecule has 29 heavy (non-hydrogen) atoms. The predicted octanol–water partition coefficient (Wildman–Crippen LogP) is 3.13. The van der Waals surface area contributed by atoms with Crippen LogP contribution in [-0.4, -0.2) is 21.4 Å². The predicted molar refractivity (Wildman–Crippen MR) is 98.8 cm³/mol. The standard InChI is InChI=1S/C20H16F4N4O/c21-14-7-15(22)18(24)13(17(14)23)8-28-6-5-12-16(9-28)26-19(27-20(12)29)10-1-3-11(25)4-2-10/h1-4,7H,5-6,8-9,25H2,(H,26,27,29). The zero-order chi connectivity index (χ0) is 20.7. The van der Waals surface area contributed by atoms with Gasteiger partial charge in [-0.1, -0.05) is 0 Å². The zero-order valence-electron chi connectivity index (χ0n) is 15.1.